The summed E-state index contributed by atoms with van der Waals surface area (Å²) < 4.78 is 17.1. The number of nitrogens with zero attached hydrogens (tertiary/aromatic N) is 5. The fraction of sp³-hybridized carbons (Fsp3) is 0.154. The van der Waals surface area contributed by atoms with Gasteiger partial charge in [-0.2, -0.15) is 10.2 Å². The number of hydrogen-bond acceptors (Lipinski definition) is 4. The van der Waals surface area contributed by atoms with Gasteiger partial charge in [-0.3, -0.25) is 9.48 Å². The molecule has 1 amide bonds. The lowest BCUT2D eigenvalue weighted by Gasteiger charge is -2.06. The van der Waals surface area contributed by atoms with Crippen molar-refractivity contribution >= 4 is 22.8 Å². The third-order valence-electron chi connectivity index (χ3n) is 5.66. The Labute approximate surface area is 195 Å². The number of nitrogens with one attached hydrogen (secondary N) is 1. The number of anilines is 1. The van der Waals surface area contributed by atoms with Crippen molar-refractivity contribution in [3.8, 4) is 11.1 Å². The molecule has 5 aromatic rings. The van der Waals surface area contributed by atoms with Crippen LogP contribution in [-0.2, 0) is 17.9 Å². The molecule has 0 unspecified atom stereocenters. The summed E-state index contributed by atoms with van der Waals surface area (Å²) in [4.78, 5) is 17.2. The fourth-order valence-electron chi connectivity index (χ4n) is 4.00. The summed E-state index contributed by atoms with van der Waals surface area (Å²) >= 11 is 0. The maximum atomic E-state index is 13.9. The van der Waals surface area contributed by atoms with Crippen molar-refractivity contribution in [1.29, 1.82) is 0 Å². The number of fused-ring (bicyclic) bond motifs is 1. The smallest absolute Gasteiger partial charge is 0.247 e. The molecular weight excluding hydrogens is 431 g/mol. The number of aromatic nitrogens is 5. The Morgan fingerprint density at radius 1 is 1.00 bits per heavy atom. The van der Waals surface area contributed by atoms with E-state index in [1.54, 1.807) is 46.0 Å². The first kappa shape index (κ1) is 21.5. The molecule has 34 heavy (non-hydrogen) atoms. The van der Waals surface area contributed by atoms with Crippen LogP contribution in [0.1, 0.15) is 16.8 Å². The average Bonchev–Trinajstić information content (AvgIpc) is 3.39. The normalized spacial score (nSPS) is 11.1. The first-order valence-electron chi connectivity index (χ1n) is 10.9. The van der Waals surface area contributed by atoms with Gasteiger partial charge in [0, 0.05) is 29.4 Å². The van der Waals surface area contributed by atoms with Gasteiger partial charge in [0.1, 0.15) is 12.4 Å². The van der Waals surface area contributed by atoms with Crippen LogP contribution >= 0.6 is 0 Å². The first-order chi connectivity index (χ1) is 16.5. The third-order valence-corrected chi connectivity index (χ3v) is 5.66. The number of hydrogen-bond donors (Lipinski definition) is 1. The quantitative estimate of drug-likeness (QED) is 0.402. The lowest BCUT2D eigenvalue weighted by molar-refractivity contribution is -0.116. The molecule has 0 aliphatic heterocycles. The van der Waals surface area contributed by atoms with Crippen LogP contribution < -0.4 is 5.32 Å². The van der Waals surface area contributed by atoms with Crippen LogP contribution in [0, 0.1) is 19.7 Å². The first-order valence-corrected chi connectivity index (χ1v) is 10.9. The van der Waals surface area contributed by atoms with Crippen molar-refractivity contribution in [2.75, 3.05) is 5.32 Å². The lowest BCUT2D eigenvalue weighted by Crippen LogP contribution is -2.20. The van der Waals surface area contributed by atoms with E-state index < -0.39 is 0 Å². The maximum absolute atomic E-state index is 13.9. The van der Waals surface area contributed by atoms with E-state index in [1.165, 1.54) is 11.6 Å². The van der Waals surface area contributed by atoms with Gasteiger partial charge in [-0.25, -0.2) is 14.1 Å². The van der Waals surface area contributed by atoms with Crippen LogP contribution in [0.5, 0.6) is 0 Å². The highest BCUT2D eigenvalue weighted by Gasteiger charge is 2.16. The van der Waals surface area contributed by atoms with Crippen molar-refractivity contribution < 1.29 is 9.18 Å². The second-order valence-electron chi connectivity index (χ2n) is 8.20. The average molecular weight is 455 g/mol. The number of benzene rings is 2. The molecule has 3 aromatic heterocycles. The van der Waals surface area contributed by atoms with Gasteiger partial charge >= 0.3 is 0 Å². The highest BCUT2D eigenvalue weighted by atomic mass is 19.1. The number of pyridine rings is 1. The van der Waals surface area contributed by atoms with E-state index in [4.69, 9.17) is 0 Å². The molecule has 0 fully saturated rings. The van der Waals surface area contributed by atoms with Crippen LogP contribution in [0.2, 0.25) is 0 Å². The summed E-state index contributed by atoms with van der Waals surface area (Å²) in [6, 6.07) is 18.5. The zero-order valence-electron chi connectivity index (χ0n) is 18.9. The lowest BCUT2D eigenvalue weighted by atomic mass is 10.0. The van der Waals surface area contributed by atoms with Crippen molar-refractivity contribution in [2.24, 2.45) is 0 Å². The highest BCUT2D eigenvalue weighted by Crippen LogP contribution is 2.30. The van der Waals surface area contributed by atoms with Gasteiger partial charge in [0.2, 0.25) is 5.91 Å². The predicted molar refractivity (Wildman–Crippen MR) is 129 cm³/mol. The predicted octanol–water partition coefficient (Wildman–Crippen LogP) is 4.74. The van der Waals surface area contributed by atoms with E-state index in [-0.39, 0.29) is 24.8 Å². The zero-order chi connectivity index (χ0) is 23.7. The molecular formula is C26H23FN6O. The van der Waals surface area contributed by atoms with Gasteiger partial charge in [0.25, 0.3) is 0 Å². The summed E-state index contributed by atoms with van der Waals surface area (Å²) in [7, 11) is 0. The van der Waals surface area contributed by atoms with Crippen LogP contribution in [0.3, 0.4) is 0 Å². The molecule has 5 rings (SSSR count). The SMILES string of the molecule is Cc1ccc(-c2ccnc3c2c(C)nn3CC(=O)Nc2ccn(Cc3ccccc3F)n2)cc1. The van der Waals surface area contributed by atoms with Gasteiger partial charge in [-0.15, -0.1) is 0 Å². The van der Waals surface area contributed by atoms with Crippen molar-refractivity contribution in [3.05, 3.63) is 95.7 Å². The van der Waals surface area contributed by atoms with E-state index in [0.29, 0.717) is 17.0 Å². The largest absolute Gasteiger partial charge is 0.308 e. The van der Waals surface area contributed by atoms with Crippen LogP contribution in [0.25, 0.3) is 22.2 Å². The molecule has 0 saturated carbocycles. The van der Waals surface area contributed by atoms with E-state index in [0.717, 1.165) is 22.2 Å². The molecule has 0 atom stereocenters. The summed E-state index contributed by atoms with van der Waals surface area (Å²) in [6.07, 6.45) is 3.43. The fourth-order valence-corrected chi connectivity index (χ4v) is 4.00. The van der Waals surface area contributed by atoms with E-state index >= 15 is 0 Å². The summed E-state index contributed by atoms with van der Waals surface area (Å²) in [5.41, 5.74) is 5.27. The summed E-state index contributed by atoms with van der Waals surface area (Å²) in [5, 5.41) is 12.6. The van der Waals surface area contributed by atoms with Gasteiger partial charge in [-0.05, 0) is 37.1 Å². The molecule has 170 valence electrons. The zero-order valence-corrected chi connectivity index (χ0v) is 18.9. The molecule has 3 heterocycles. The second-order valence-corrected chi connectivity index (χ2v) is 8.20. The topological polar surface area (TPSA) is 77.6 Å². The van der Waals surface area contributed by atoms with Gasteiger partial charge in [-0.1, -0.05) is 48.0 Å². The number of carbonyl (C=O) groups is 1. The number of amides is 1. The highest BCUT2D eigenvalue weighted by molar-refractivity contribution is 5.96. The second kappa shape index (κ2) is 8.90. The standard InChI is InChI=1S/C26H23FN6O/c1-17-7-9-19(10-8-17)21-11-13-28-26-25(21)18(2)30-33(26)16-24(34)29-23-12-14-32(31-23)15-20-5-3-4-6-22(20)27/h3-14H,15-16H2,1-2H3,(H,29,31,34). The van der Waals surface area contributed by atoms with Gasteiger partial charge in [0.15, 0.2) is 11.5 Å². The molecule has 0 aliphatic rings. The number of rotatable bonds is 6. The minimum atomic E-state index is -0.290. The molecule has 1 N–H and O–H groups in total. The summed E-state index contributed by atoms with van der Waals surface area (Å²) in [6.45, 7) is 4.24. The van der Waals surface area contributed by atoms with E-state index in [2.05, 4.69) is 51.7 Å². The Kier molecular flexibility index (Phi) is 5.63. The maximum Gasteiger partial charge on any atom is 0.247 e. The van der Waals surface area contributed by atoms with Crippen molar-refractivity contribution in [2.45, 2.75) is 26.9 Å². The minimum absolute atomic E-state index is 0.00509. The Morgan fingerprint density at radius 2 is 1.79 bits per heavy atom. The van der Waals surface area contributed by atoms with Gasteiger partial charge < -0.3 is 5.32 Å². The Morgan fingerprint density at radius 3 is 2.59 bits per heavy atom. The molecule has 0 saturated heterocycles. The number of aryl methyl sites for hydroxylation is 2. The van der Waals surface area contributed by atoms with E-state index in [9.17, 15) is 9.18 Å². The van der Waals surface area contributed by atoms with Crippen molar-refractivity contribution in [3.63, 3.8) is 0 Å². The Balaban J connectivity index is 1.34. The molecule has 2 aromatic carbocycles. The molecule has 0 radical (unpaired) electrons. The van der Waals surface area contributed by atoms with Crippen molar-refractivity contribution in [1.82, 2.24) is 24.5 Å². The van der Waals surface area contributed by atoms with Crippen LogP contribution in [0.4, 0.5) is 10.2 Å². The Hall–Kier alpha value is -4.33. The molecule has 7 nitrogen and oxygen atoms in total. The Bertz CT molecular complexity index is 1490. The van der Waals surface area contributed by atoms with E-state index in [1.807, 2.05) is 13.0 Å². The molecule has 0 spiro atoms. The number of carbonyl (C=O) groups excluding carboxylic acids is 1. The van der Waals surface area contributed by atoms with Crippen LogP contribution in [-0.4, -0.2) is 30.5 Å². The minimum Gasteiger partial charge on any atom is -0.308 e. The monoisotopic (exact) mass is 454 g/mol. The molecule has 8 heteroatoms. The van der Waals surface area contributed by atoms with Gasteiger partial charge in [0.05, 0.1) is 12.2 Å². The number of halogens is 1. The third kappa shape index (κ3) is 4.30. The molecule has 0 bridgehead atoms. The summed E-state index contributed by atoms with van der Waals surface area (Å²) in [5.74, 6) is -0.173. The molecule has 0 aliphatic carbocycles. The van der Waals surface area contributed by atoms with Crippen LogP contribution in [0.15, 0.2) is 73.1 Å².